The van der Waals surface area contributed by atoms with E-state index < -0.39 is 5.91 Å². The van der Waals surface area contributed by atoms with E-state index in [0.717, 1.165) is 16.4 Å². The van der Waals surface area contributed by atoms with Gasteiger partial charge in [0, 0.05) is 16.8 Å². The Morgan fingerprint density at radius 2 is 1.81 bits per heavy atom. The molecule has 0 spiro atoms. The minimum absolute atomic E-state index is 0.236. The molecule has 0 aliphatic heterocycles. The van der Waals surface area contributed by atoms with Gasteiger partial charge in [-0.25, -0.2) is 4.52 Å². The Bertz CT molecular complexity index is 1740. The molecular weight excluding hydrogens is 408 g/mol. The molecule has 0 radical (unpaired) electrons. The predicted octanol–water partition coefficient (Wildman–Crippen LogP) is 4.34. The van der Waals surface area contributed by atoms with E-state index in [1.165, 1.54) is 13.3 Å². The van der Waals surface area contributed by atoms with Crippen molar-refractivity contribution < 1.29 is 13.9 Å². The van der Waals surface area contributed by atoms with Crippen LogP contribution in [0.1, 0.15) is 10.4 Å². The van der Waals surface area contributed by atoms with Gasteiger partial charge in [0.1, 0.15) is 28.1 Å². The van der Waals surface area contributed by atoms with E-state index in [0.29, 0.717) is 33.6 Å². The summed E-state index contributed by atoms with van der Waals surface area (Å²) in [5, 5.41) is 9.52. The summed E-state index contributed by atoms with van der Waals surface area (Å²) in [5.74, 6) is 0.0625. The summed E-state index contributed by atoms with van der Waals surface area (Å²) in [6, 6.07) is 18.4. The van der Waals surface area contributed by atoms with E-state index in [1.54, 1.807) is 28.8 Å². The molecule has 3 aromatic carbocycles. The van der Waals surface area contributed by atoms with E-state index >= 15 is 0 Å². The van der Waals surface area contributed by atoms with Gasteiger partial charge in [0.25, 0.3) is 11.5 Å². The summed E-state index contributed by atoms with van der Waals surface area (Å²) in [5.41, 5.74) is 2.71. The molecule has 6 rings (SSSR count). The number of hydrogen-bond acceptors (Lipinski definition) is 5. The molecule has 0 aliphatic rings. The van der Waals surface area contributed by atoms with Crippen LogP contribution in [0.25, 0.3) is 38.5 Å². The number of furan rings is 1. The molecule has 0 saturated heterocycles. The van der Waals surface area contributed by atoms with E-state index in [-0.39, 0.29) is 11.1 Å². The Morgan fingerprint density at radius 3 is 2.66 bits per heavy atom. The number of carbonyl (C=O) groups excluding carboxylic acids is 1. The highest BCUT2D eigenvalue weighted by Crippen LogP contribution is 2.36. The molecule has 156 valence electrons. The van der Waals surface area contributed by atoms with Crippen LogP contribution >= 0.6 is 0 Å². The topological polar surface area (TPSA) is 102 Å². The van der Waals surface area contributed by atoms with Crippen LogP contribution in [-0.2, 0) is 0 Å². The zero-order valence-corrected chi connectivity index (χ0v) is 16.9. The van der Waals surface area contributed by atoms with Crippen LogP contribution in [0.4, 0.5) is 5.69 Å². The number of ether oxygens (including phenoxy) is 1. The smallest absolute Gasteiger partial charge is 0.261 e. The summed E-state index contributed by atoms with van der Waals surface area (Å²) >= 11 is 0. The Morgan fingerprint density at radius 1 is 1.03 bits per heavy atom. The number of hydrogen-bond donors (Lipinski definition) is 2. The summed E-state index contributed by atoms with van der Waals surface area (Å²) in [4.78, 5) is 28.4. The molecule has 0 atom stereocenters. The summed E-state index contributed by atoms with van der Waals surface area (Å²) in [6.45, 7) is 0. The van der Waals surface area contributed by atoms with Gasteiger partial charge < -0.3 is 19.5 Å². The van der Waals surface area contributed by atoms with Crippen molar-refractivity contribution in [3.05, 3.63) is 82.8 Å². The van der Waals surface area contributed by atoms with Crippen molar-refractivity contribution in [3.8, 4) is 5.75 Å². The first-order valence-corrected chi connectivity index (χ1v) is 9.93. The number of nitrogens with one attached hydrogen (secondary N) is 2. The van der Waals surface area contributed by atoms with Crippen molar-refractivity contribution >= 4 is 50.1 Å². The van der Waals surface area contributed by atoms with Crippen LogP contribution in [-0.4, -0.2) is 27.6 Å². The molecule has 8 heteroatoms. The monoisotopic (exact) mass is 424 g/mol. The lowest BCUT2D eigenvalue weighted by Crippen LogP contribution is -2.15. The third-order valence-corrected chi connectivity index (χ3v) is 5.57. The van der Waals surface area contributed by atoms with Crippen LogP contribution in [0.5, 0.6) is 5.75 Å². The van der Waals surface area contributed by atoms with E-state index in [2.05, 4.69) is 15.4 Å². The molecule has 3 aromatic heterocycles. The zero-order chi connectivity index (χ0) is 21.8. The Hall–Kier alpha value is -4.59. The number of benzene rings is 3. The van der Waals surface area contributed by atoms with Gasteiger partial charge >= 0.3 is 0 Å². The number of para-hydroxylation sites is 2. The lowest BCUT2D eigenvalue weighted by molar-refractivity contribution is 0.102. The maximum absolute atomic E-state index is 13.1. The number of fused-ring (bicyclic) bond motifs is 6. The third-order valence-electron chi connectivity index (χ3n) is 5.57. The van der Waals surface area contributed by atoms with Crippen molar-refractivity contribution in [1.82, 2.24) is 14.6 Å². The van der Waals surface area contributed by atoms with E-state index in [9.17, 15) is 9.59 Å². The van der Waals surface area contributed by atoms with Crippen LogP contribution in [0.15, 0.2) is 76.1 Å². The first kappa shape index (κ1) is 18.2. The van der Waals surface area contributed by atoms with Crippen molar-refractivity contribution in [2.75, 3.05) is 12.4 Å². The van der Waals surface area contributed by atoms with Crippen LogP contribution in [0.2, 0.25) is 0 Å². The van der Waals surface area contributed by atoms with Gasteiger partial charge in [0.05, 0.1) is 29.9 Å². The van der Waals surface area contributed by atoms with Crippen LogP contribution < -0.4 is 15.6 Å². The Balaban J connectivity index is 1.46. The second kappa shape index (κ2) is 6.71. The third kappa shape index (κ3) is 2.59. The van der Waals surface area contributed by atoms with Crippen molar-refractivity contribution in [3.63, 3.8) is 0 Å². The molecule has 0 aliphatic carbocycles. The normalized spacial score (nSPS) is 11.5. The largest absolute Gasteiger partial charge is 0.495 e. The van der Waals surface area contributed by atoms with Gasteiger partial charge in [0.15, 0.2) is 0 Å². The first-order chi connectivity index (χ1) is 15.6. The lowest BCUT2D eigenvalue weighted by Gasteiger charge is -2.10. The molecule has 6 aromatic rings. The number of methoxy groups -OCH3 is 1. The molecule has 8 nitrogen and oxygen atoms in total. The summed E-state index contributed by atoms with van der Waals surface area (Å²) in [6.07, 6.45) is 1.43. The van der Waals surface area contributed by atoms with Crippen molar-refractivity contribution in [2.24, 2.45) is 0 Å². The standard InChI is InChI=1S/C24H16N4O4/c1-31-21-10-15-13-6-3-5-9-19(13)32-20(15)11-17(21)26-24(30)16-12-25-28-18-8-4-2-7-14(18)23(29)27-22(16)28/h2-12H,1H3,(H,26,30)(H,27,29). The highest BCUT2D eigenvalue weighted by molar-refractivity contribution is 6.12. The SMILES string of the molecule is COc1cc2c(cc1NC(=O)c1cnn3c1[nH]c(=O)c1ccccc13)oc1ccccc12. The minimum Gasteiger partial charge on any atom is -0.495 e. The first-order valence-electron chi connectivity index (χ1n) is 9.93. The number of H-pyrrole nitrogens is 1. The van der Waals surface area contributed by atoms with E-state index in [1.807, 2.05) is 36.4 Å². The quantitative estimate of drug-likeness (QED) is 0.440. The molecule has 2 N–H and O–H groups in total. The highest BCUT2D eigenvalue weighted by Gasteiger charge is 2.19. The number of anilines is 1. The van der Waals surface area contributed by atoms with Gasteiger partial charge in [-0.3, -0.25) is 9.59 Å². The summed E-state index contributed by atoms with van der Waals surface area (Å²) in [7, 11) is 1.54. The van der Waals surface area contributed by atoms with Gasteiger partial charge in [-0.15, -0.1) is 0 Å². The second-order valence-corrected chi connectivity index (χ2v) is 7.39. The van der Waals surface area contributed by atoms with Gasteiger partial charge in [-0.05, 0) is 24.3 Å². The zero-order valence-electron chi connectivity index (χ0n) is 16.9. The van der Waals surface area contributed by atoms with E-state index in [4.69, 9.17) is 9.15 Å². The number of amides is 1. The molecule has 3 heterocycles. The van der Waals surface area contributed by atoms with Crippen LogP contribution in [0.3, 0.4) is 0 Å². The maximum atomic E-state index is 13.1. The molecule has 0 bridgehead atoms. The highest BCUT2D eigenvalue weighted by atomic mass is 16.5. The lowest BCUT2D eigenvalue weighted by atomic mass is 10.1. The number of carbonyl (C=O) groups is 1. The maximum Gasteiger partial charge on any atom is 0.261 e. The molecule has 0 fully saturated rings. The molecule has 32 heavy (non-hydrogen) atoms. The molecule has 0 saturated carbocycles. The average Bonchev–Trinajstić information content (AvgIpc) is 3.40. The fourth-order valence-electron chi connectivity index (χ4n) is 4.05. The number of nitrogens with zero attached hydrogens (tertiary/aromatic N) is 2. The minimum atomic E-state index is -0.431. The molecule has 1 amide bonds. The fraction of sp³-hybridized carbons (Fsp3) is 0.0417. The number of aromatic nitrogens is 3. The van der Waals surface area contributed by atoms with Crippen LogP contribution in [0, 0.1) is 0 Å². The van der Waals surface area contributed by atoms with Crippen molar-refractivity contribution in [1.29, 1.82) is 0 Å². The van der Waals surface area contributed by atoms with Crippen molar-refractivity contribution in [2.45, 2.75) is 0 Å². The van der Waals surface area contributed by atoms with Gasteiger partial charge in [-0.1, -0.05) is 30.3 Å². The Kier molecular flexibility index (Phi) is 3.82. The number of rotatable bonds is 3. The second-order valence-electron chi connectivity index (χ2n) is 7.39. The fourth-order valence-corrected chi connectivity index (χ4v) is 4.05. The average molecular weight is 424 g/mol. The predicted molar refractivity (Wildman–Crippen MR) is 122 cm³/mol. The molecule has 0 unspecified atom stereocenters. The van der Waals surface area contributed by atoms with Gasteiger partial charge in [-0.2, -0.15) is 5.10 Å². The molecular formula is C24H16N4O4. The number of aromatic amines is 1. The Labute approximate surface area is 180 Å². The summed E-state index contributed by atoms with van der Waals surface area (Å²) < 4.78 is 13.0. The van der Waals surface area contributed by atoms with Gasteiger partial charge in [0.2, 0.25) is 0 Å².